The van der Waals surface area contributed by atoms with E-state index in [1.54, 1.807) is 0 Å². The monoisotopic (exact) mass is 285 g/mol. The van der Waals surface area contributed by atoms with Crippen molar-refractivity contribution < 1.29 is 22.1 Å². The molecule has 0 saturated carbocycles. The van der Waals surface area contributed by atoms with Gasteiger partial charge in [-0.2, -0.15) is 8.42 Å². The standard InChI is InChI=1S/C12H15NO5S/c1-19(15,16)17-8-11-10(13-12(14)18-11)7-9-5-3-2-4-6-9/h2-6,10-11H,7-8H2,1H3,(H,13,14)/t10-,11-/m0/s1. The van der Waals surface area contributed by atoms with Gasteiger partial charge in [0, 0.05) is 0 Å². The van der Waals surface area contributed by atoms with Gasteiger partial charge in [-0.15, -0.1) is 0 Å². The molecule has 0 aromatic heterocycles. The number of benzene rings is 1. The van der Waals surface area contributed by atoms with Gasteiger partial charge in [-0.25, -0.2) is 4.79 Å². The van der Waals surface area contributed by atoms with Gasteiger partial charge >= 0.3 is 6.09 Å². The maximum atomic E-state index is 11.2. The van der Waals surface area contributed by atoms with Crippen molar-refractivity contribution in [3.63, 3.8) is 0 Å². The molecule has 1 saturated heterocycles. The van der Waals surface area contributed by atoms with Crippen LogP contribution < -0.4 is 5.32 Å². The molecule has 7 heteroatoms. The zero-order chi connectivity index (χ0) is 13.9. The van der Waals surface area contributed by atoms with E-state index in [1.807, 2.05) is 30.3 Å². The predicted octanol–water partition coefficient (Wildman–Crippen LogP) is 0.682. The molecule has 19 heavy (non-hydrogen) atoms. The average Bonchev–Trinajstić information content (AvgIpc) is 2.67. The van der Waals surface area contributed by atoms with E-state index in [0.717, 1.165) is 11.8 Å². The topological polar surface area (TPSA) is 81.7 Å². The highest BCUT2D eigenvalue weighted by Crippen LogP contribution is 2.15. The number of amides is 1. The van der Waals surface area contributed by atoms with Crippen molar-refractivity contribution in [2.45, 2.75) is 18.6 Å². The highest BCUT2D eigenvalue weighted by molar-refractivity contribution is 7.85. The minimum atomic E-state index is -3.54. The van der Waals surface area contributed by atoms with Gasteiger partial charge in [0.2, 0.25) is 0 Å². The van der Waals surface area contributed by atoms with Crippen LogP contribution in [0.4, 0.5) is 4.79 Å². The lowest BCUT2D eigenvalue weighted by Gasteiger charge is -2.16. The van der Waals surface area contributed by atoms with E-state index >= 15 is 0 Å². The van der Waals surface area contributed by atoms with Crippen LogP contribution in [0.15, 0.2) is 30.3 Å². The fourth-order valence-electron chi connectivity index (χ4n) is 1.89. The molecule has 1 heterocycles. The Bertz CT molecular complexity index is 542. The zero-order valence-electron chi connectivity index (χ0n) is 10.4. The Labute approximate surface area is 111 Å². The third kappa shape index (κ3) is 4.22. The lowest BCUT2D eigenvalue weighted by Crippen LogP contribution is -2.36. The van der Waals surface area contributed by atoms with Crippen LogP contribution in [0.5, 0.6) is 0 Å². The second-order valence-electron chi connectivity index (χ2n) is 4.37. The van der Waals surface area contributed by atoms with Crippen molar-refractivity contribution in [1.29, 1.82) is 0 Å². The van der Waals surface area contributed by atoms with Crippen LogP contribution in [0.3, 0.4) is 0 Å². The minimum Gasteiger partial charge on any atom is -0.442 e. The summed E-state index contributed by atoms with van der Waals surface area (Å²) >= 11 is 0. The van der Waals surface area contributed by atoms with Gasteiger partial charge in [0.15, 0.2) is 0 Å². The van der Waals surface area contributed by atoms with E-state index in [2.05, 4.69) is 9.50 Å². The normalized spacial score (nSPS) is 22.9. The van der Waals surface area contributed by atoms with Gasteiger partial charge in [0.25, 0.3) is 10.1 Å². The molecule has 104 valence electrons. The van der Waals surface area contributed by atoms with Gasteiger partial charge in [-0.1, -0.05) is 30.3 Å². The molecule has 2 atom stereocenters. The molecule has 0 spiro atoms. The van der Waals surface area contributed by atoms with Gasteiger partial charge in [-0.3, -0.25) is 4.18 Å². The van der Waals surface area contributed by atoms with Crippen LogP contribution >= 0.6 is 0 Å². The van der Waals surface area contributed by atoms with Gasteiger partial charge in [0.1, 0.15) is 12.7 Å². The number of cyclic esters (lactones) is 1. The van der Waals surface area contributed by atoms with E-state index < -0.39 is 22.3 Å². The summed E-state index contributed by atoms with van der Waals surface area (Å²) in [5.74, 6) is 0. The molecule has 0 unspecified atom stereocenters. The van der Waals surface area contributed by atoms with E-state index in [-0.39, 0.29) is 12.6 Å². The van der Waals surface area contributed by atoms with Gasteiger partial charge in [-0.05, 0) is 12.0 Å². The molecule has 0 bridgehead atoms. The second-order valence-corrected chi connectivity index (χ2v) is 6.02. The lowest BCUT2D eigenvalue weighted by molar-refractivity contribution is 0.0943. The van der Waals surface area contributed by atoms with Crippen LogP contribution in [0.25, 0.3) is 0 Å². The number of alkyl carbamates (subject to hydrolysis) is 1. The van der Waals surface area contributed by atoms with Crippen molar-refractivity contribution in [1.82, 2.24) is 5.32 Å². The van der Waals surface area contributed by atoms with Crippen molar-refractivity contribution in [2.24, 2.45) is 0 Å². The number of ether oxygens (including phenoxy) is 1. The quantitative estimate of drug-likeness (QED) is 0.805. The Morgan fingerprint density at radius 3 is 2.63 bits per heavy atom. The maximum absolute atomic E-state index is 11.2. The van der Waals surface area contributed by atoms with Crippen LogP contribution in [0.2, 0.25) is 0 Å². The third-order valence-corrected chi connectivity index (χ3v) is 3.32. The summed E-state index contributed by atoms with van der Waals surface area (Å²) < 4.78 is 31.6. The third-order valence-electron chi connectivity index (χ3n) is 2.76. The molecule has 1 aliphatic rings. The zero-order valence-corrected chi connectivity index (χ0v) is 11.2. The minimum absolute atomic E-state index is 0.172. The van der Waals surface area contributed by atoms with Crippen molar-refractivity contribution in [2.75, 3.05) is 12.9 Å². The van der Waals surface area contributed by atoms with Crippen LogP contribution in [-0.2, 0) is 25.5 Å². The summed E-state index contributed by atoms with van der Waals surface area (Å²) in [6, 6.07) is 9.26. The molecule has 1 aliphatic heterocycles. The highest BCUT2D eigenvalue weighted by atomic mass is 32.2. The Kier molecular flexibility index (Phi) is 4.06. The average molecular weight is 285 g/mol. The van der Waals surface area contributed by atoms with Crippen molar-refractivity contribution in [3.8, 4) is 0 Å². The maximum Gasteiger partial charge on any atom is 0.407 e. The summed E-state index contributed by atoms with van der Waals surface area (Å²) in [5, 5.41) is 2.65. The molecule has 1 amide bonds. The molecule has 6 nitrogen and oxygen atoms in total. The highest BCUT2D eigenvalue weighted by Gasteiger charge is 2.34. The number of hydrogen-bond donors (Lipinski definition) is 1. The largest absolute Gasteiger partial charge is 0.442 e. The summed E-state index contributed by atoms with van der Waals surface area (Å²) in [4.78, 5) is 11.2. The number of hydrogen-bond acceptors (Lipinski definition) is 5. The molecule has 1 fully saturated rings. The first kappa shape index (κ1) is 13.8. The van der Waals surface area contributed by atoms with Crippen molar-refractivity contribution in [3.05, 3.63) is 35.9 Å². The predicted molar refractivity (Wildman–Crippen MR) is 68.1 cm³/mol. The summed E-state index contributed by atoms with van der Waals surface area (Å²) in [6.07, 6.45) is 0.360. The first-order valence-corrected chi connectivity index (χ1v) is 7.61. The second kappa shape index (κ2) is 5.58. The van der Waals surface area contributed by atoms with E-state index in [0.29, 0.717) is 6.42 Å². The lowest BCUT2D eigenvalue weighted by atomic mass is 10.0. The summed E-state index contributed by atoms with van der Waals surface area (Å²) in [6.45, 7) is -0.172. The number of nitrogens with one attached hydrogen (secondary N) is 1. The van der Waals surface area contributed by atoms with E-state index in [9.17, 15) is 13.2 Å². The van der Waals surface area contributed by atoms with Crippen molar-refractivity contribution >= 4 is 16.2 Å². The number of carbonyl (C=O) groups excluding carboxylic acids is 1. The van der Waals surface area contributed by atoms with Crippen LogP contribution in [0, 0.1) is 0 Å². The molecule has 0 aliphatic carbocycles. The fourth-order valence-corrected chi connectivity index (χ4v) is 2.27. The SMILES string of the molecule is CS(=O)(=O)OC[C@@H]1OC(=O)N[C@H]1Cc1ccccc1. The molecule has 2 rings (SSSR count). The Morgan fingerprint density at radius 1 is 1.32 bits per heavy atom. The summed E-state index contributed by atoms with van der Waals surface area (Å²) in [7, 11) is -3.54. The first-order valence-electron chi connectivity index (χ1n) is 5.79. The molecular formula is C12H15NO5S. The molecule has 1 aromatic carbocycles. The van der Waals surface area contributed by atoms with Crippen LogP contribution in [-0.4, -0.2) is 39.5 Å². The van der Waals surface area contributed by atoms with Gasteiger partial charge in [0.05, 0.1) is 12.3 Å². The number of carbonyl (C=O) groups is 1. The molecular weight excluding hydrogens is 270 g/mol. The molecule has 0 radical (unpaired) electrons. The first-order chi connectivity index (χ1) is 8.94. The molecule has 1 N–H and O–H groups in total. The van der Waals surface area contributed by atoms with E-state index in [1.165, 1.54) is 0 Å². The smallest absolute Gasteiger partial charge is 0.407 e. The Morgan fingerprint density at radius 2 is 2.00 bits per heavy atom. The molecule has 1 aromatic rings. The number of rotatable bonds is 5. The van der Waals surface area contributed by atoms with Crippen LogP contribution in [0.1, 0.15) is 5.56 Å². The Hall–Kier alpha value is -1.60. The summed E-state index contributed by atoms with van der Waals surface area (Å²) in [5.41, 5.74) is 1.03. The van der Waals surface area contributed by atoms with E-state index in [4.69, 9.17) is 4.74 Å². The Balaban J connectivity index is 1.99. The fraction of sp³-hybridized carbons (Fsp3) is 0.417. The van der Waals surface area contributed by atoms with Gasteiger partial charge < -0.3 is 10.1 Å².